The zero-order valence-corrected chi connectivity index (χ0v) is 17.6. The maximum Gasteiger partial charge on any atom is 0.317 e. The summed E-state index contributed by atoms with van der Waals surface area (Å²) in [4.78, 5) is 25.3. The van der Waals surface area contributed by atoms with E-state index in [1.807, 2.05) is 32.0 Å². The summed E-state index contributed by atoms with van der Waals surface area (Å²) in [5.74, 6) is -0.850. The van der Waals surface area contributed by atoms with Crippen LogP contribution >= 0.6 is 27.7 Å². The van der Waals surface area contributed by atoms with Gasteiger partial charge in [0.25, 0.3) is 5.91 Å². The molecule has 0 saturated carbocycles. The molecular weight excluding hydrogens is 428 g/mol. The number of carbonyl (C=O) groups is 2. The number of benzene rings is 2. The lowest BCUT2D eigenvalue weighted by Gasteiger charge is -2.14. The predicted molar refractivity (Wildman–Crippen MR) is 110 cm³/mol. The molecular formula is C20H19BrN2O3S. The summed E-state index contributed by atoms with van der Waals surface area (Å²) in [6.07, 6.45) is -0.961. The molecule has 2 aromatic rings. The Morgan fingerprint density at radius 1 is 1.26 bits per heavy atom. The lowest BCUT2D eigenvalue weighted by atomic mass is 10.2. The molecule has 0 heterocycles. The van der Waals surface area contributed by atoms with Gasteiger partial charge in [0.05, 0.1) is 17.0 Å². The number of hydrogen-bond donors (Lipinski definition) is 1. The fraction of sp³-hybridized carbons (Fsp3) is 0.250. The van der Waals surface area contributed by atoms with Gasteiger partial charge in [0.1, 0.15) is 6.07 Å². The van der Waals surface area contributed by atoms with E-state index in [1.54, 1.807) is 24.3 Å². The molecule has 140 valence electrons. The smallest absolute Gasteiger partial charge is 0.317 e. The lowest BCUT2D eigenvalue weighted by molar-refractivity contribution is -0.150. The molecule has 0 saturated heterocycles. The van der Waals surface area contributed by atoms with Gasteiger partial charge in [-0.1, -0.05) is 28.1 Å². The Hall–Kier alpha value is -2.30. The molecule has 0 aromatic heterocycles. The van der Waals surface area contributed by atoms with Gasteiger partial charge < -0.3 is 10.1 Å². The lowest BCUT2D eigenvalue weighted by Crippen LogP contribution is -2.30. The van der Waals surface area contributed by atoms with E-state index >= 15 is 0 Å². The highest BCUT2D eigenvalue weighted by Crippen LogP contribution is 2.28. The summed E-state index contributed by atoms with van der Waals surface area (Å²) in [7, 11) is 0. The molecule has 0 radical (unpaired) electrons. The number of esters is 1. The number of halogens is 1. The standard InChI is InChI=1S/C20H19BrN2O3S/c1-12-9-18(13(2)8-16(12)21)27-11-19(24)26-14(3)20(25)23-17-7-5-4-6-15(17)10-22/h4-9,14H,11H2,1-3H3,(H,23,25). The molecule has 2 rings (SSSR count). The van der Waals surface area contributed by atoms with Crippen molar-refractivity contribution in [2.45, 2.75) is 31.8 Å². The first-order valence-corrected chi connectivity index (χ1v) is 9.98. The molecule has 0 spiro atoms. The maximum absolute atomic E-state index is 12.2. The van der Waals surface area contributed by atoms with Gasteiger partial charge >= 0.3 is 5.97 Å². The Kier molecular flexibility index (Phi) is 7.45. The topological polar surface area (TPSA) is 79.2 Å². The Bertz CT molecular complexity index is 909. The van der Waals surface area contributed by atoms with Gasteiger partial charge in [0, 0.05) is 9.37 Å². The van der Waals surface area contributed by atoms with Gasteiger partial charge in [-0.25, -0.2) is 0 Å². The van der Waals surface area contributed by atoms with Crippen LogP contribution in [0.2, 0.25) is 0 Å². The number of nitrogens with zero attached hydrogens (tertiary/aromatic N) is 1. The van der Waals surface area contributed by atoms with Crippen LogP contribution in [-0.4, -0.2) is 23.7 Å². The summed E-state index contributed by atoms with van der Waals surface area (Å²) < 4.78 is 6.23. The number of thioether (sulfide) groups is 1. The summed E-state index contributed by atoms with van der Waals surface area (Å²) in [5, 5.41) is 11.7. The van der Waals surface area contributed by atoms with Crippen LogP contribution in [0.3, 0.4) is 0 Å². The van der Waals surface area contributed by atoms with Crippen LogP contribution in [0, 0.1) is 25.2 Å². The van der Waals surface area contributed by atoms with Crippen molar-refractivity contribution in [2.24, 2.45) is 0 Å². The van der Waals surface area contributed by atoms with Crippen molar-refractivity contribution in [3.63, 3.8) is 0 Å². The van der Waals surface area contributed by atoms with Crippen LogP contribution in [0.15, 0.2) is 45.8 Å². The molecule has 1 amide bonds. The zero-order valence-electron chi connectivity index (χ0n) is 15.2. The fourth-order valence-electron chi connectivity index (χ4n) is 2.26. The molecule has 1 N–H and O–H groups in total. The number of nitriles is 1. The van der Waals surface area contributed by atoms with E-state index in [9.17, 15) is 9.59 Å². The molecule has 0 fully saturated rings. The first-order valence-electron chi connectivity index (χ1n) is 8.21. The van der Waals surface area contributed by atoms with Gasteiger partial charge in [-0.3, -0.25) is 9.59 Å². The van der Waals surface area contributed by atoms with Crippen LogP contribution in [0.4, 0.5) is 5.69 Å². The number of nitrogens with one attached hydrogen (secondary N) is 1. The van der Waals surface area contributed by atoms with Gasteiger partial charge in [-0.2, -0.15) is 5.26 Å². The molecule has 0 aliphatic rings. The highest BCUT2D eigenvalue weighted by Gasteiger charge is 2.19. The maximum atomic E-state index is 12.2. The third-order valence-corrected chi connectivity index (χ3v) is 5.77. The normalized spacial score (nSPS) is 11.4. The van der Waals surface area contributed by atoms with E-state index < -0.39 is 18.0 Å². The zero-order chi connectivity index (χ0) is 20.0. The Labute approximate surface area is 171 Å². The summed E-state index contributed by atoms with van der Waals surface area (Å²) >= 11 is 4.85. The first-order chi connectivity index (χ1) is 12.8. The third kappa shape index (κ3) is 5.84. The van der Waals surface area contributed by atoms with Crippen LogP contribution in [0.25, 0.3) is 0 Å². The van der Waals surface area contributed by atoms with Gasteiger partial charge in [-0.15, -0.1) is 11.8 Å². The van der Waals surface area contributed by atoms with Crippen molar-refractivity contribution < 1.29 is 14.3 Å². The van der Waals surface area contributed by atoms with Crippen LogP contribution in [0.1, 0.15) is 23.6 Å². The van der Waals surface area contributed by atoms with Crippen LogP contribution < -0.4 is 5.32 Å². The molecule has 2 aromatic carbocycles. The minimum atomic E-state index is -0.961. The monoisotopic (exact) mass is 446 g/mol. The second kappa shape index (κ2) is 9.58. The molecule has 27 heavy (non-hydrogen) atoms. The molecule has 0 bridgehead atoms. The number of aryl methyl sites for hydroxylation is 2. The fourth-order valence-corrected chi connectivity index (χ4v) is 3.60. The second-order valence-corrected chi connectivity index (χ2v) is 7.81. The van der Waals surface area contributed by atoms with Gasteiger partial charge in [0.15, 0.2) is 6.10 Å². The highest BCUT2D eigenvalue weighted by atomic mass is 79.9. The molecule has 1 atom stereocenters. The van der Waals surface area contributed by atoms with Crippen molar-refractivity contribution in [1.29, 1.82) is 5.26 Å². The number of para-hydroxylation sites is 1. The Balaban J connectivity index is 1.91. The number of amides is 1. The largest absolute Gasteiger partial charge is 0.452 e. The Morgan fingerprint density at radius 3 is 2.67 bits per heavy atom. The van der Waals surface area contributed by atoms with E-state index in [1.165, 1.54) is 18.7 Å². The molecule has 0 aliphatic heterocycles. The summed E-state index contributed by atoms with van der Waals surface area (Å²) in [5.41, 5.74) is 2.88. The molecule has 7 heteroatoms. The molecule has 0 aliphatic carbocycles. The van der Waals surface area contributed by atoms with Crippen molar-refractivity contribution in [2.75, 3.05) is 11.1 Å². The van der Waals surface area contributed by atoms with E-state index in [4.69, 9.17) is 10.00 Å². The first kappa shape index (κ1) is 21.0. The van der Waals surface area contributed by atoms with Gasteiger partial charge in [-0.05, 0) is 56.2 Å². The number of hydrogen-bond acceptors (Lipinski definition) is 5. The number of carbonyl (C=O) groups excluding carboxylic acids is 2. The van der Waals surface area contributed by atoms with Crippen molar-refractivity contribution >= 4 is 45.3 Å². The molecule has 1 unspecified atom stereocenters. The SMILES string of the molecule is Cc1cc(SCC(=O)OC(C)C(=O)Nc2ccccc2C#N)c(C)cc1Br. The van der Waals surface area contributed by atoms with E-state index in [0.29, 0.717) is 11.3 Å². The Morgan fingerprint density at radius 2 is 1.96 bits per heavy atom. The van der Waals surface area contributed by atoms with Gasteiger partial charge in [0.2, 0.25) is 0 Å². The van der Waals surface area contributed by atoms with E-state index in [2.05, 4.69) is 21.2 Å². The predicted octanol–water partition coefficient (Wildman–Crippen LogP) is 4.60. The van der Waals surface area contributed by atoms with Crippen molar-refractivity contribution in [3.05, 3.63) is 57.6 Å². The minimum Gasteiger partial charge on any atom is -0.452 e. The average molecular weight is 447 g/mol. The van der Waals surface area contributed by atoms with Crippen molar-refractivity contribution in [3.8, 4) is 6.07 Å². The number of anilines is 1. The number of ether oxygens (including phenoxy) is 1. The second-order valence-electron chi connectivity index (χ2n) is 5.93. The molecule has 5 nitrogen and oxygen atoms in total. The summed E-state index contributed by atoms with van der Waals surface area (Å²) in [6, 6.07) is 12.7. The van der Waals surface area contributed by atoms with E-state index in [-0.39, 0.29) is 5.75 Å². The van der Waals surface area contributed by atoms with E-state index in [0.717, 1.165) is 20.5 Å². The van der Waals surface area contributed by atoms with Crippen LogP contribution in [-0.2, 0) is 14.3 Å². The summed E-state index contributed by atoms with van der Waals surface area (Å²) in [6.45, 7) is 5.46. The van der Waals surface area contributed by atoms with Crippen LogP contribution in [0.5, 0.6) is 0 Å². The van der Waals surface area contributed by atoms with Crippen molar-refractivity contribution in [1.82, 2.24) is 0 Å². The quantitative estimate of drug-likeness (QED) is 0.517. The minimum absolute atomic E-state index is 0.105. The third-order valence-electron chi connectivity index (χ3n) is 3.78. The average Bonchev–Trinajstić information content (AvgIpc) is 2.64. The number of rotatable bonds is 6. The highest BCUT2D eigenvalue weighted by molar-refractivity contribution is 9.10.